The number of hydrogen-bond donors (Lipinski definition) is 6. The van der Waals surface area contributed by atoms with E-state index in [9.17, 15) is 33.3 Å². The fraction of sp³-hybridized carbons (Fsp3) is 0.462. The summed E-state index contributed by atoms with van der Waals surface area (Å²) >= 11 is 0. The van der Waals surface area contributed by atoms with E-state index in [1.165, 1.54) is 12.1 Å². The molecule has 38 heavy (non-hydrogen) atoms. The summed E-state index contributed by atoms with van der Waals surface area (Å²) in [5.74, 6) is -1.94. The van der Waals surface area contributed by atoms with Crippen LogP contribution in [-0.4, -0.2) is 73.6 Å². The third kappa shape index (κ3) is 8.07. The fourth-order valence-corrected chi connectivity index (χ4v) is 4.91. The number of carboxylic acid groups (broad SMARTS) is 1. The molecule has 0 aromatic heterocycles. The number of carboxylic acids is 1. The van der Waals surface area contributed by atoms with Crippen LogP contribution in [-0.2, 0) is 14.8 Å². The first-order chi connectivity index (χ1) is 17.8. The smallest absolute Gasteiger partial charge is 0.326 e. The van der Waals surface area contributed by atoms with Gasteiger partial charge in [0, 0.05) is 36.9 Å². The number of nitrogens with one attached hydrogen (secondary N) is 3. The van der Waals surface area contributed by atoms with Crippen LogP contribution in [0, 0.1) is 5.92 Å². The minimum Gasteiger partial charge on any atom is -0.506 e. The Bertz CT molecular complexity index is 1230. The van der Waals surface area contributed by atoms with Gasteiger partial charge in [-0.1, -0.05) is 19.9 Å². The Morgan fingerprint density at radius 1 is 1.08 bits per heavy atom. The van der Waals surface area contributed by atoms with Crippen LogP contribution in [0.3, 0.4) is 0 Å². The van der Waals surface area contributed by atoms with Crippen molar-refractivity contribution in [2.45, 2.75) is 44.9 Å². The molecule has 11 nitrogen and oxygen atoms in total. The number of aliphatic carboxylic acids is 1. The molecule has 1 saturated heterocycles. The number of anilines is 2. The van der Waals surface area contributed by atoms with Crippen molar-refractivity contribution in [2.75, 3.05) is 35.5 Å². The van der Waals surface area contributed by atoms with Crippen LogP contribution >= 0.6 is 0 Å². The van der Waals surface area contributed by atoms with Gasteiger partial charge in [-0.25, -0.2) is 13.2 Å². The number of aromatic hydroxyl groups is 1. The van der Waals surface area contributed by atoms with Gasteiger partial charge in [0.15, 0.2) is 0 Å². The Morgan fingerprint density at radius 2 is 1.71 bits per heavy atom. The third-order valence-corrected chi connectivity index (χ3v) is 7.10. The second-order valence-corrected chi connectivity index (χ2v) is 11.7. The van der Waals surface area contributed by atoms with E-state index < -0.39 is 34.0 Å². The van der Waals surface area contributed by atoms with Crippen LogP contribution in [0.2, 0.25) is 0 Å². The molecular formula is C26H36N4O7S. The van der Waals surface area contributed by atoms with Crippen molar-refractivity contribution < 1.29 is 33.3 Å². The molecule has 1 amide bonds. The highest BCUT2D eigenvalue weighted by molar-refractivity contribution is 7.92. The van der Waals surface area contributed by atoms with Gasteiger partial charge in [-0.15, -0.1) is 0 Å². The predicted molar refractivity (Wildman–Crippen MR) is 145 cm³/mol. The summed E-state index contributed by atoms with van der Waals surface area (Å²) in [5.41, 5.74) is 1.86. The van der Waals surface area contributed by atoms with Crippen LogP contribution in [0.25, 0.3) is 0 Å². The number of hydrogen-bond acceptors (Lipinski definition) is 8. The SMILES string of the molecule is CC(C)C(NC(=O)c1ccc(N2CCC(NCC(O)c3ccc(O)c(NS(C)(=O)=O)c3)CC2)cc1)C(=O)O. The molecule has 1 heterocycles. The first-order valence-corrected chi connectivity index (χ1v) is 14.3. The van der Waals surface area contributed by atoms with E-state index >= 15 is 0 Å². The monoisotopic (exact) mass is 548 g/mol. The van der Waals surface area contributed by atoms with Gasteiger partial charge in [0.1, 0.15) is 11.8 Å². The number of phenolic OH excluding ortho intramolecular Hbond substituents is 1. The molecule has 3 rings (SSSR count). The molecule has 0 radical (unpaired) electrons. The Kier molecular flexibility index (Phi) is 9.58. The fourth-order valence-electron chi connectivity index (χ4n) is 4.34. The van der Waals surface area contributed by atoms with Crippen LogP contribution in [0.5, 0.6) is 5.75 Å². The average Bonchev–Trinajstić information content (AvgIpc) is 2.86. The number of benzene rings is 2. The Balaban J connectivity index is 1.49. The molecule has 208 valence electrons. The standard InChI is InChI=1S/C26H36N4O7S/c1-16(2)24(26(34)35)28-25(33)17-4-7-20(8-5-17)30-12-10-19(11-13-30)27-15-23(32)18-6-9-22(31)21(14-18)29-38(3,36)37/h4-9,14,16,19,23-24,27,29,31-32H,10-13,15H2,1-3H3,(H,28,33)(H,34,35). The summed E-state index contributed by atoms with van der Waals surface area (Å²) < 4.78 is 25.2. The van der Waals surface area contributed by atoms with Crippen molar-refractivity contribution in [1.29, 1.82) is 0 Å². The van der Waals surface area contributed by atoms with Gasteiger partial charge in [-0.3, -0.25) is 9.52 Å². The molecule has 0 aliphatic carbocycles. The lowest BCUT2D eigenvalue weighted by Crippen LogP contribution is -2.44. The van der Waals surface area contributed by atoms with E-state index in [-0.39, 0.29) is 29.9 Å². The Labute approximate surface area is 222 Å². The van der Waals surface area contributed by atoms with Crippen LogP contribution in [0.4, 0.5) is 11.4 Å². The number of piperidine rings is 1. The van der Waals surface area contributed by atoms with Crippen molar-refractivity contribution >= 4 is 33.3 Å². The Morgan fingerprint density at radius 3 is 2.26 bits per heavy atom. The minimum atomic E-state index is -3.57. The highest BCUT2D eigenvalue weighted by atomic mass is 32.2. The van der Waals surface area contributed by atoms with Gasteiger partial charge in [0.2, 0.25) is 10.0 Å². The van der Waals surface area contributed by atoms with E-state index in [1.54, 1.807) is 32.0 Å². The number of rotatable bonds is 11. The van der Waals surface area contributed by atoms with Gasteiger partial charge in [0.25, 0.3) is 5.91 Å². The van der Waals surface area contributed by atoms with Gasteiger partial charge >= 0.3 is 5.97 Å². The zero-order chi connectivity index (χ0) is 28.0. The highest BCUT2D eigenvalue weighted by Gasteiger charge is 2.25. The number of carbonyl (C=O) groups excluding carboxylic acids is 1. The summed E-state index contributed by atoms with van der Waals surface area (Å²) in [7, 11) is -3.57. The molecule has 0 saturated carbocycles. The lowest BCUT2D eigenvalue weighted by molar-refractivity contribution is -0.140. The van der Waals surface area contributed by atoms with Gasteiger partial charge in [-0.2, -0.15) is 0 Å². The number of aliphatic hydroxyl groups is 1. The largest absolute Gasteiger partial charge is 0.506 e. The van der Waals surface area contributed by atoms with Crippen molar-refractivity contribution in [2.24, 2.45) is 5.92 Å². The second-order valence-electron chi connectivity index (χ2n) is 9.92. The number of aliphatic hydroxyl groups excluding tert-OH is 1. The third-order valence-electron chi connectivity index (χ3n) is 6.51. The molecule has 6 N–H and O–H groups in total. The van der Waals surface area contributed by atoms with Gasteiger partial charge in [0.05, 0.1) is 18.0 Å². The quantitative estimate of drug-likeness (QED) is 0.230. The molecule has 2 unspecified atom stereocenters. The van der Waals surface area contributed by atoms with Crippen molar-refractivity contribution in [1.82, 2.24) is 10.6 Å². The van der Waals surface area contributed by atoms with Crippen LogP contribution in [0.1, 0.15) is 48.7 Å². The van der Waals surface area contributed by atoms with E-state index in [0.717, 1.165) is 37.9 Å². The molecule has 2 aromatic rings. The first kappa shape index (κ1) is 29.2. The van der Waals surface area contributed by atoms with Gasteiger partial charge < -0.3 is 30.9 Å². The van der Waals surface area contributed by atoms with Crippen molar-refractivity contribution in [3.8, 4) is 5.75 Å². The predicted octanol–water partition coefficient (Wildman–Crippen LogP) is 1.89. The number of sulfonamides is 1. The number of phenols is 1. The average molecular weight is 549 g/mol. The lowest BCUT2D eigenvalue weighted by atomic mass is 10.0. The summed E-state index contributed by atoms with van der Waals surface area (Å²) in [6, 6.07) is 10.6. The maximum absolute atomic E-state index is 12.5. The zero-order valence-corrected chi connectivity index (χ0v) is 22.5. The normalized spacial score (nSPS) is 16.2. The first-order valence-electron chi connectivity index (χ1n) is 12.4. The van der Waals surface area contributed by atoms with Crippen molar-refractivity contribution in [3.05, 3.63) is 53.6 Å². The van der Waals surface area contributed by atoms with E-state index in [0.29, 0.717) is 11.1 Å². The Hall–Kier alpha value is -3.35. The van der Waals surface area contributed by atoms with E-state index in [4.69, 9.17) is 0 Å². The molecule has 0 bridgehead atoms. The second kappa shape index (κ2) is 12.5. The lowest BCUT2D eigenvalue weighted by Gasteiger charge is -2.34. The highest BCUT2D eigenvalue weighted by Crippen LogP contribution is 2.28. The molecule has 0 spiro atoms. The minimum absolute atomic E-state index is 0.0162. The topological polar surface area (TPSA) is 168 Å². The van der Waals surface area contributed by atoms with Crippen LogP contribution in [0.15, 0.2) is 42.5 Å². The summed E-state index contributed by atoms with van der Waals surface area (Å²) in [6.07, 6.45) is 1.77. The molecule has 2 atom stereocenters. The maximum Gasteiger partial charge on any atom is 0.326 e. The number of carbonyl (C=O) groups is 2. The number of nitrogens with zero attached hydrogens (tertiary/aromatic N) is 1. The number of amides is 1. The molecule has 12 heteroatoms. The van der Waals surface area contributed by atoms with Crippen molar-refractivity contribution in [3.63, 3.8) is 0 Å². The van der Waals surface area contributed by atoms with Gasteiger partial charge in [-0.05, 0) is 60.7 Å². The molecule has 1 fully saturated rings. The zero-order valence-electron chi connectivity index (χ0n) is 21.7. The summed E-state index contributed by atoms with van der Waals surface area (Å²) in [4.78, 5) is 26.0. The maximum atomic E-state index is 12.5. The molecule has 1 aliphatic rings. The van der Waals surface area contributed by atoms with Crippen LogP contribution < -0.4 is 20.3 Å². The van der Waals surface area contributed by atoms with E-state index in [2.05, 4.69) is 20.3 Å². The van der Waals surface area contributed by atoms with E-state index in [1.807, 2.05) is 12.1 Å². The molecular weight excluding hydrogens is 512 g/mol. The summed E-state index contributed by atoms with van der Waals surface area (Å²) in [5, 5.41) is 35.7. The summed E-state index contributed by atoms with van der Waals surface area (Å²) in [6.45, 7) is 5.30. The molecule has 2 aromatic carbocycles. The molecule has 1 aliphatic heterocycles.